The summed E-state index contributed by atoms with van der Waals surface area (Å²) < 4.78 is 7.28. The van der Waals surface area contributed by atoms with Gasteiger partial charge in [-0.1, -0.05) is 18.2 Å². The monoisotopic (exact) mass is 347 g/mol. The van der Waals surface area contributed by atoms with Crippen molar-refractivity contribution < 1.29 is 9.53 Å². The second-order valence-electron chi connectivity index (χ2n) is 6.10. The molecule has 0 N–H and O–H groups in total. The van der Waals surface area contributed by atoms with E-state index >= 15 is 0 Å². The van der Waals surface area contributed by atoms with Gasteiger partial charge in [-0.2, -0.15) is 5.10 Å². The number of rotatable bonds is 5. The number of benzene rings is 1. The fraction of sp³-hybridized carbons (Fsp3) is 0.444. The molecule has 0 saturated carbocycles. The minimum Gasteiger partial charge on any atom is -0.376 e. The molecule has 0 spiro atoms. The molecule has 0 aliphatic carbocycles. The third-order valence-electron chi connectivity index (χ3n) is 4.53. The summed E-state index contributed by atoms with van der Waals surface area (Å²) in [5.41, 5.74) is 4.54. The topological polar surface area (TPSA) is 47.4 Å². The number of aromatic nitrogens is 2. The van der Waals surface area contributed by atoms with Crippen LogP contribution in [0.1, 0.15) is 35.3 Å². The normalized spacial score (nSPS) is 15.0. The first kappa shape index (κ1) is 17.0. The lowest BCUT2D eigenvalue weighted by Gasteiger charge is -2.30. The minimum atomic E-state index is -0.131. The number of fused-ring (bicyclic) bond motifs is 1. The molecule has 1 aromatic heterocycles. The summed E-state index contributed by atoms with van der Waals surface area (Å²) in [5.74, 6) is -0.116. The first-order chi connectivity index (χ1) is 11.6. The predicted octanol–water partition coefficient (Wildman–Crippen LogP) is 2.82. The molecule has 2 aromatic rings. The lowest BCUT2D eigenvalue weighted by molar-refractivity contribution is -0.131. The summed E-state index contributed by atoms with van der Waals surface area (Å²) in [4.78, 5) is 14.2. The maximum atomic E-state index is 12.4. The van der Waals surface area contributed by atoms with E-state index in [1.807, 2.05) is 32.3 Å². The van der Waals surface area contributed by atoms with Crippen LogP contribution in [0.5, 0.6) is 0 Å². The van der Waals surface area contributed by atoms with Gasteiger partial charge >= 0.3 is 0 Å². The van der Waals surface area contributed by atoms with E-state index < -0.39 is 0 Å². The van der Waals surface area contributed by atoms with Gasteiger partial charge in [0.25, 0.3) is 0 Å². The minimum absolute atomic E-state index is 0.0324. The van der Waals surface area contributed by atoms with Crippen molar-refractivity contribution in [1.82, 2.24) is 14.7 Å². The van der Waals surface area contributed by atoms with E-state index in [0.29, 0.717) is 13.2 Å². The Hall–Kier alpha value is -1.85. The molecule has 128 valence electrons. The van der Waals surface area contributed by atoms with Crippen molar-refractivity contribution >= 4 is 17.5 Å². The highest BCUT2D eigenvalue weighted by Gasteiger charge is 2.24. The molecule has 1 unspecified atom stereocenters. The van der Waals surface area contributed by atoms with Gasteiger partial charge < -0.3 is 9.64 Å². The van der Waals surface area contributed by atoms with Gasteiger partial charge in [-0.3, -0.25) is 9.48 Å². The molecule has 0 radical (unpaired) electrons. The molecule has 1 aliphatic heterocycles. The molecule has 3 rings (SSSR count). The summed E-state index contributed by atoms with van der Waals surface area (Å²) >= 11 is 5.86. The van der Waals surface area contributed by atoms with Crippen LogP contribution in [0.2, 0.25) is 0 Å². The number of amides is 1. The summed E-state index contributed by atoms with van der Waals surface area (Å²) in [7, 11) is 1.87. The number of nitrogens with zero attached hydrogens (tertiary/aromatic N) is 3. The van der Waals surface area contributed by atoms with Gasteiger partial charge in [0, 0.05) is 19.8 Å². The van der Waals surface area contributed by atoms with Gasteiger partial charge in [0.2, 0.25) is 5.91 Å². The second kappa shape index (κ2) is 7.36. The Kier molecular flexibility index (Phi) is 5.21. The Balaban J connectivity index is 1.89. The molecule has 1 aromatic carbocycles. The van der Waals surface area contributed by atoms with Crippen LogP contribution in [-0.2, 0) is 36.2 Å². The zero-order chi connectivity index (χ0) is 17.1. The Morgan fingerprint density at radius 2 is 2.29 bits per heavy atom. The van der Waals surface area contributed by atoms with Crippen molar-refractivity contribution in [2.24, 2.45) is 7.05 Å². The average molecular weight is 348 g/mol. The Morgan fingerprint density at radius 3 is 3.00 bits per heavy atom. The summed E-state index contributed by atoms with van der Waals surface area (Å²) in [6, 6.07) is 8.01. The van der Waals surface area contributed by atoms with Crippen LogP contribution in [0.4, 0.5) is 0 Å². The van der Waals surface area contributed by atoms with Gasteiger partial charge in [0.1, 0.15) is 5.88 Å². The van der Waals surface area contributed by atoms with E-state index in [2.05, 4.69) is 17.2 Å². The number of hydrogen-bond donors (Lipinski definition) is 0. The SMILES string of the molecule is CC(c1ccn(C)n1)N(Cc1cccc2c1CCOC2)C(=O)CCl. The first-order valence-corrected chi connectivity index (χ1v) is 8.66. The summed E-state index contributed by atoms with van der Waals surface area (Å²) in [6.45, 7) is 3.89. The largest absolute Gasteiger partial charge is 0.376 e. The maximum Gasteiger partial charge on any atom is 0.238 e. The number of carbonyl (C=O) groups excluding carboxylic acids is 1. The third-order valence-corrected chi connectivity index (χ3v) is 4.76. The van der Waals surface area contributed by atoms with Crippen LogP contribution in [0.25, 0.3) is 0 Å². The quantitative estimate of drug-likeness (QED) is 0.781. The predicted molar refractivity (Wildman–Crippen MR) is 92.7 cm³/mol. The number of carbonyl (C=O) groups is 1. The molecule has 1 aliphatic rings. The van der Waals surface area contributed by atoms with Crippen molar-refractivity contribution in [2.75, 3.05) is 12.5 Å². The summed E-state index contributed by atoms with van der Waals surface area (Å²) in [6.07, 6.45) is 2.77. The number of ether oxygens (including phenoxy) is 1. The van der Waals surface area contributed by atoms with Crippen LogP contribution in [0.3, 0.4) is 0 Å². The molecule has 2 heterocycles. The highest BCUT2D eigenvalue weighted by molar-refractivity contribution is 6.27. The average Bonchev–Trinajstić information content (AvgIpc) is 3.05. The second-order valence-corrected chi connectivity index (χ2v) is 6.37. The number of hydrogen-bond acceptors (Lipinski definition) is 3. The van der Waals surface area contributed by atoms with E-state index in [-0.39, 0.29) is 17.8 Å². The van der Waals surface area contributed by atoms with Gasteiger partial charge in [0.15, 0.2) is 0 Å². The van der Waals surface area contributed by atoms with Crippen molar-refractivity contribution in [3.63, 3.8) is 0 Å². The van der Waals surface area contributed by atoms with Crippen LogP contribution in [0.15, 0.2) is 30.5 Å². The smallest absolute Gasteiger partial charge is 0.238 e. The molecule has 1 atom stereocenters. The molecule has 1 amide bonds. The zero-order valence-electron chi connectivity index (χ0n) is 14.0. The van der Waals surface area contributed by atoms with Gasteiger partial charge in [-0.25, -0.2) is 0 Å². The molecule has 0 fully saturated rings. The molecular formula is C18H22ClN3O2. The van der Waals surface area contributed by atoms with E-state index in [9.17, 15) is 4.79 Å². The molecular weight excluding hydrogens is 326 g/mol. The molecule has 5 nitrogen and oxygen atoms in total. The van der Waals surface area contributed by atoms with Gasteiger partial charge in [-0.15, -0.1) is 11.6 Å². The number of aryl methyl sites for hydroxylation is 1. The fourth-order valence-corrected chi connectivity index (χ4v) is 3.32. The molecule has 24 heavy (non-hydrogen) atoms. The van der Waals surface area contributed by atoms with E-state index in [1.54, 1.807) is 9.58 Å². The lowest BCUT2D eigenvalue weighted by Crippen LogP contribution is -2.35. The highest BCUT2D eigenvalue weighted by atomic mass is 35.5. The van der Waals surface area contributed by atoms with Crippen molar-refractivity contribution in [3.05, 3.63) is 52.8 Å². The Morgan fingerprint density at radius 1 is 1.46 bits per heavy atom. The van der Waals surface area contributed by atoms with Crippen LogP contribution >= 0.6 is 11.6 Å². The highest BCUT2D eigenvalue weighted by Crippen LogP contribution is 2.26. The van der Waals surface area contributed by atoms with E-state index in [0.717, 1.165) is 24.3 Å². The van der Waals surface area contributed by atoms with Crippen LogP contribution < -0.4 is 0 Å². The van der Waals surface area contributed by atoms with Gasteiger partial charge in [-0.05, 0) is 36.1 Å². The first-order valence-electron chi connectivity index (χ1n) is 8.12. The molecule has 0 saturated heterocycles. The summed E-state index contributed by atoms with van der Waals surface area (Å²) in [5, 5.41) is 4.44. The molecule has 0 bridgehead atoms. The van der Waals surface area contributed by atoms with Crippen LogP contribution in [0, 0.1) is 0 Å². The lowest BCUT2D eigenvalue weighted by atomic mass is 9.96. The van der Waals surface area contributed by atoms with Crippen molar-refractivity contribution in [3.8, 4) is 0 Å². The van der Waals surface area contributed by atoms with Gasteiger partial charge in [0.05, 0.1) is 24.9 Å². The standard InChI is InChI=1S/C18H22ClN3O2/c1-13(17-6-8-21(2)20-17)22(18(23)10-19)11-14-4-3-5-15-12-24-9-7-16(14)15/h3-6,8,13H,7,9-12H2,1-2H3. The molecule has 6 heteroatoms. The number of alkyl halides is 1. The van der Waals surface area contributed by atoms with E-state index in [1.165, 1.54) is 11.1 Å². The maximum absolute atomic E-state index is 12.4. The Bertz CT molecular complexity index is 729. The fourth-order valence-electron chi connectivity index (χ4n) is 3.17. The third kappa shape index (κ3) is 3.47. The zero-order valence-corrected chi connectivity index (χ0v) is 14.8. The Labute approximate surface area is 147 Å². The van der Waals surface area contributed by atoms with Crippen molar-refractivity contribution in [1.29, 1.82) is 0 Å². The van der Waals surface area contributed by atoms with Crippen molar-refractivity contribution in [2.45, 2.75) is 32.5 Å². The van der Waals surface area contributed by atoms with E-state index in [4.69, 9.17) is 16.3 Å². The number of halogens is 1. The van der Waals surface area contributed by atoms with Crippen LogP contribution in [-0.4, -0.2) is 33.1 Å².